The Hall–Kier alpha value is -2.04. The number of amides is 2. The van der Waals surface area contributed by atoms with E-state index in [2.05, 4.69) is 31.4 Å². The summed E-state index contributed by atoms with van der Waals surface area (Å²) >= 11 is 0. The number of carbonyl (C=O) groups is 2. The lowest BCUT2D eigenvalue weighted by Crippen LogP contribution is -2.32. The maximum atomic E-state index is 11.9. The average Bonchev–Trinajstić information content (AvgIpc) is 2.37. The molecule has 0 saturated heterocycles. The van der Waals surface area contributed by atoms with Gasteiger partial charge in [-0.1, -0.05) is 45.9 Å². The molecule has 0 aromatic heterocycles. The minimum Gasteiger partial charge on any atom is -0.481 e. The highest BCUT2D eigenvalue weighted by molar-refractivity contribution is 5.90. The van der Waals surface area contributed by atoms with Gasteiger partial charge in [0.1, 0.15) is 0 Å². The molecule has 1 aromatic rings. The van der Waals surface area contributed by atoms with Gasteiger partial charge in [0.2, 0.25) is 0 Å². The van der Waals surface area contributed by atoms with E-state index in [1.54, 1.807) is 6.92 Å². The van der Waals surface area contributed by atoms with Gasteiger partial charge < -0.3 is 15.7 Å². The molecule has 0 spiro atoms. The average molecular weight is 292 g/mol. The molecule has 1 aromatic carbocycles. The molecule has 0 fully saturated rings. The van der Waals surface area contributed by atoms with E-state index in [1.165, 1.54) is 0 Å². The lowest BCUT2D eigenvalue weighted by atomic mass is 9.86. The molecule has 1 atom stereocenters. The molecular weight excluding hydrogens is 268 g/mol. The van der Waals surface area contributed by atoms with Gasteiger partial charge in [-0.15, -0.1) is 0 Å². The first-order valence-electron chi connectivity index (χ1n) is 7.09. The fourth-order valence-electron chi connectivity index (χ4n) is 1.94. The number of nitrogens with one attached hydrogen (secondary N) is 2. The Morgan fingerprint density at radius 1 is 1.24 bits per heavy atom. The van der Waals surface area contributed by atoms with Crippen LogP contribution in [0.4, 0.5) is 10.5 Å². The highest BCUT2D eigenvalue weighted by Gasteiger charge is 2.18. The maximum Gasteiger partial charge on any atom is 0.319 e. The molecule has 2 amide bonds. The van der Waals surface area contributed by atoms with Crippen molar-refractivity contribution in [2.24, 2.45) is 5.92 Å². The number of anilines is 1. The molecule has 1 rings (SSSR count). The van der Waals surface area contributed by atoms with Crippen molar-refractivity contribution in [2.75, 3.05) is 11.9 Å². The number of hydrogen-bond donors (Lipinski definition) is 3. The molecule has 21 heavy (non-hydrogen) atoms. The summed E-state index contributed by atoms with van der Waals surface area (Å²) in [5, 5.41) is 14.3. The van der Waals surface area contributed by atoms with E-state index in [0.29, 0.717) is 13.0 Å². The zero-order valence-corrected chi connectivity index (χ0v) is 13.1. The van der Waals surface area contributed by atoms with Gasteiger partial charge in [0.25, 0.3) is 0 Å². The van der Waals surface area contributed by atoms with Crippen LogP contribution in [0, 0.1) is 5.92 Å². The lowest BCUT2D eigenvalue weighted by molar-refractivity contribution is -0.141. The normalized spacial score (nSPS) is 12.6. The summed E-state index contributed by atoms with van der Waals surface area (Å²) in [5.74, 6) is -1.32. The van der Waals surface area contributed by atoms with Crippen LogP contribution in [-0.2, 0) is 10.2 Å². The number of rotatable bonds is 5. The Balaban J connectivity index is 2.58. The second-order valence-electron chi connectivity index (χ2n) is 6.20. The van der Waals surface area contributed by atoms with Crippen LogP contribution in [0.25, 0.3) is 0 Å². The first kappa shape index (κ1) is 17.0. The van der Waals surface area contributed by atoms with Crippen molar-refractivity contribution in [1.82, 2.24) is 5.32 Å². The van der Waals surface area contributed by atoms with Crippen LogP contribution < -0.4 is 10.6 Å². The van der Waals surface area contributed by atoms with E-state index in [9.17, 15) is 9.59 Å². The largest absolute Gasteiger partial charge is 0.481 e. The quantitative estimate of drug-likeness (QED) is 0.779. The summed E-state index contributed by atoms with van der Waals surface area (Å²) in [6, 6.07) is 7.35. The van der Waals surface area contributed by atoms with E-state index >= 15 is 0 Å². The molecule has 5 nitrogen and oxygen atoms in total. The highest BCUT2D eigenvalue weighted by Crippen LogP contribution is 2.29. The maximum absolute atomic E-state index is 11.9. The molecule has 0 aliphatic carbocycles. The summed E-state index contributed by atoms with van der Waals surface area (Å²) in [6.45, 7) is 8.20. The van der Waals surface area contributed by atoms with Crippen molar-refractivity contribution in [3.63, 3.8) is 0 Å². The van der Waals surface area contributed by atoms with Crippen molar-refractivity contribution in [3.05, 3.63) is 29.8 Å². The Bertz CT molecular complexity index is 506. The Morgan fingerprint density at radius 3 is 2.43 bits per heavy atom. The molecule has 0 aliphatic rings. The summed E-state index contributed by atoms with van der Waals surface area (Å²) in [7, 11) is 0. The topological polar surface area (TPSA) is 78.4 Å². The molecule has 0 aliphatic heterocycles. The van der Waals surface area contributed by atoms with Gasteiger partial charge in [-0.05, 0) is 23.5 Å². The van der Waals surface area contributed by atoms with Crippen LogP contribution in [-0.4, -0.2) is 23.7 Å². The van der Waals surface area contributed by atoms with Crippen LogP contribution in [0.2, 0.25) is 0 Å². The summed E-state index contributed by atoms with van der Waals surface area (Å²) in [6.07, 6.45) is 0.406. The smallest absolute Gasteiger partial charge is 0.319 e. The molecule has 0 saturated carbocycles. The predicted molar refractivity (Wildman–Crippen MR) is 83.6 cm³/mol. The Morgan fingerprint density at radius 2 is 1.86 bits per heavy atom. The number of benzene rings is 1. The fourth-order valence-corrected chi connectivity index (χ4v) is 1.94. The third kappa shape index (κ3) is 5.45. The van der Waals surface area contributed by atoms with Gasteiger partial charge in [-0.25, -0.2) is 4.79 Å². The number of carboxylic acid groups (broad SMARTS) is 1. The number of carbonyl (C=O) groups excluding carboxylic acids is 1. The van der Waals surface area contributed by atoms with Gasteiger partial charge >= 0.3 is 12.0 Å². The van der Waals surface area contributed by atoms with Crippen LogP contribution in [0.5, 0.6) is 0 Å². The molecule has 1 unspecified atom stereocenters. The van der Waals surface area contributed by atoms with Crippen molar-refractivity contribution in [3.8, 4) is 0 Å². The highest BCUT2D eigenvalue weighted by atomic mass is 16.4. The van der Waals surface area contributed by atoms with Gasteiger partial charge in [-0.3, -0.25) is 4.79 Å². The van der Waals surface area contributed by atoms with Gasteiger partial charge in [0, 0.05) is 12.2 Å². The van der Waals surface area contributed by atoms with Crippen LogP contribution >= 0.6 is 0 Å². The zero-order valence-electron chi connectivity index (χ0n) is 13.1. The van der Waals surface area contributed by atoms with E-state index in [-0.39, 0.29) is 11.4 Å². The van der Waals surface area contributed by atoms with E-state index < -0.39 is 11.9 Å². The van der Waals surface area contributed by atoms with Crippen LogP contribution in [0.15, 0.2) is 24.3 Å². The van der Waals surface area contributed by atoms with E-state index in [4.69, 9.17) is 5.11 Å². The van der Waals surface area contributed by atoms with E-state index in [1.807, 2.05) is 24.3 Å². The fraction of sp³-hybridized carbons (Fsp3) is 0.500. The first-order chi connectivity index (χ1) is 9.71. The summed E-state index contributed by atoms with van der Waals surface area (Å²) in [5.41, 5.74) is 1.76. The van der Waals surface area contributed by atoms with Gasteiger partial charge in [-0.2, -0.15) is 0 Å². The van der Waals surface area contributed by atoms with Crippen molar-refractivity contribution in [1.29, 1.82) is 0 Å². The Kier molecular flexibility index (Phi) is 5.76. The van der Waals surface area contributed by atoms with Crippen LogP contribution in [0.1, 0.15) is 39.7 Å². The third-order valence-corrected chi connectivity index (χ3v) is 3.27. The molecule has 3 N–H and O–H groups in total. The standard InChI is InChI=1S/C16H24N2O3/c1-11(14(19)20)9-10-17-15(21)18-13-8-6-5-7-12(13)16(2,3)4/h5-8,11H,9-10H2,1-4H3,(H,19,20)(H2,17,18,21). The van der Waals surface area contributed by atoms with E-state index in [0.717, 1.165) is 11.3 Å². The molecule has 5 heteroatoms. The van der Waals surface area contributed by atoms with Gasteiger partial charge in [0.15, 0.2) is 0 Å². The number of aliphatic carboxylic acids is 1. The molecular formula is C16H24N2O3. The second kappa shape index (κ2) is 7.11. The predicted octanol–water partition coefficient (Wildman–Crippen LogP) is 3.22. The SMILES string of the molecule is CC(CCNC(=O)Nc1ccccc1C(C)(C)C)C(=O)O. The van der Waals surface area contributed by atoms with Gasteiger partial charge in [0.05, 0.1) is 5.92 Å². The Labute approximate surface area is 125 Å². The monoisotopic (exact) mass is 292 g/mol. The summed E-state index contributed by atoms with van der Waals surface area (Å²) in [4.78, 5) is 22.6. The zero-order chi connectivity index (χ0) is 16.0. The first-order valence-corrected chi connectivity index (χ1v) is 7.09. The molecule has 116 valence electrons. The molecule has 0 heterocycles. The molecule has 0 bridgehead atoms. The number of para-hydroxylation sites is 1. The minimum absolute atomic E-state index is 0.0678. The lowest BCUT2D eigenvalue weighted by Gasteiger charge is -2.23. The van der Waals surface area contributed by atoms with Crippen molar-refractivity contribution in [2.45, 2.75) is 39.5 Å². The van der Waals surface area contributed by atoms with Crippen molar-refractivity contribution < 1.29 is 14.7 Å². The molecule has 0 radical (unpaired) electrons. The van der Waals surface area contributed by atoms with Crippen molar-refractivity contribution >= 4 is 17.7 Å². The minimum atomic E-state index is -0.852. The number of carboxylic acids is 1. The third-order valence-electron chi connectivity index (χ3n) is 3.27. The number of hydrogen-bond acceptors (Lipinski definition) is 2. The second-order valence-corrected chi connectivity index (χ2v) is 6.20. The van der Waals surface area contributed by atoms with Crippen LogP contribution in [0.3, 0.4) is 0 Å². The summed E-state index contributed by atoms with van der Waals surface area (Å²) < 4.78 is 0. The number of urea groups is 1.